The number of hydrogen-bond donors (Lipinski definition) is 2. The average molecular weight is 376 g/mol. The van der Waals surface area contributed by atoms with Crippen LogP contribution >= 0.6 is 12.2 Å². The van der Waals surface area contributed by atoms with Crippen LogP contribution in [-0.4, -0.2) is 44.8 Å². The van der Waals surface area contributed by atoms with Gasteiger partial charge in [-0.1, -0.05) is 67.5 Å². The third-order valence-electron chi connectivity index (χ3n) is 4.76. The van der Waals surface area contributed by atoms with Gasteiger partial charge in [-0.25, -0.2) is 0 Å². The average Bonchev–Trinajstić information content (AvgIpc) is 2.97. The second-order valence-electron chi connectivity index (χ2n) is 6.89. The third kappa shape index (κ3) is 7.26. The van der Waals surface area contributed by atoms with Crippen LogP contribution in [0.1, 0.15) is 50.5 Å². The van der Waals surface area contributed by atoms with Crippen molar-refractivity contribution in [1.29, 1.82) is 0 Å². The van der Waals surface area contributed by atoms with Crippen molar-refractivity contribution < 1.29 is 15.0 Å². The van der Waals surface area contributed by atoms with Crippen molar-refractivity contribution in [2.45, 2.75) is 63.5 Å². The quantitative estimate of drug-likeness (QED) is 0.348. The summed E-state index contributed by atoms with van der Waals surface area (Å²) in [5, 5.41) is 18.9. The largest absolute Gasteiger partial charge is 0.481 e. The maximum Gasteiger partial charge on any atom is 0.303 e. The van der Waals surface area contributed by atoms with Crippen LogP contribution in [0.2, 0.25) is 0 Å². The summed E-state index contributed by atoms with van der Waals surface area (Å²) in [6.07, 6.45) is 10.1. The summed E-state index contributed by atoms with van der Waals surface area (Å²) in [5.74, 6) is -0.718. The number of nitrogens with zero attached hydrogens (tertiary/aromatic N) is 1. The van der Waals surface area contributed by atoms with Crippen LogP contribution in [0.5, 0.6) is 0 Å². The Kier molecular flexibility index (Phi) is 8.78. The van der Waals surface area contributed by atoms with Crippen molar-refractivity contribution >= 4 is 23.2 Å². The van der Waals surface area contributed by atoms with E-state index in [1.165, 1.54) is 0 Å². The highest BCUT2D eigenvalue weighted by Crippen LogP contribution is 2.22. The van der Waals surface area contributed by atoms with Crippen LogP contribution in [0.15, 0.2) is 42.5 Å². The molecule has 1 heterocycles. The molecule has 0 aromatic heterocycles. The predicted octanol–water partition coefficient (Wildman–Crippen LogP) is 3.97. The molecule has 1 aliphatic rings. The van der Waals surface area contributed by atoms with Gasteiger partial charge in [-0.3, -0.25) is 4.79 Å². The molecule has 2 atom stereocenters. The Labute approximate surface area is 161 Å². The maximum atomic E-state index is 10.5. The molecule has 1 aromatic carbocycles. The van der Waals surface area contributed by atoms with E-state index in [0.29, 0.717) is 6.42 Å². The molecule has 1 aromatic rings. The molecule has 4 nitrogen and oxygen atoms in total. The van der Waals surface area contributed by atoms with Crippen molar-refractivity contribution in [3.05, 3.63) is 48.0 Å². The van der Waals surface area contributed by atoms with Crippen LogP contribution in [0.3, 0.4) is 0 Å². The van der Waals surface area contributed by atoms with Gasteiger partial charge in [0.05, 0.1) is 11.1 Å². The van der Waals surface area contributed by atoms with Gasteiger partial charge in [-0.2, -0.15) is 0 Å². The number of aliphatic carboxylic acids is 1. The Balaban J connectivity index is 1.74. The molecule has 1 aliphatic heterocycles. The topological polar surface area (TPSA) is 60.8 Å². The zero-order valence-corrected chi connectivity index (χ0v) is 16.0. The molecule has 0 spiro atoms. The number of thiocarbonyl (C=S) groups is 1. The van der Waals surface area contributed by atoms with E-state index < -0.39 is 12.1 Å². The lowest BCUT2D eigenvalue weighted by Gasteiger charge is -2.24. The maximum absolute atomic E-state index is 10.5. The van der Waals surface area contributed by atoms with Gasteiger partial charge in [0.2, 0.25) is 0 Å². The fourth-order valence-electron chi connectivity index (χ4n) is 3.34. The lowest BCUT2D eigenvalue weighted by atomic mass is 10.1. The van der Waals surface area contributed by atoms with E-state index in [1.54, 1.807) is 0 Å². The second kappa shape index (κ2) is 11.1. The first-order valence-electron chi connectivity index (χ1n) is 9.48. The molecule has 0 bridgehead atoms. The van der Waals surface area contributed by atoms with E-state index in [-0.39, 0.29) is 12.5 Å². The van der Waals surface area contributed by atoms with Crippen molar-refractivity contribution in [3.63, 3.8) is 0 Å². The fourth-order valence-corrected chi connectivity index (χ4v) is 3.68. The molecule has 0 unspecified atom stereocenters. The Bertz CT molecular complexity index is 603. The minimum Gasteiger partial charge on any atom is -0.481 e. The molecule has 0 amide bonds. The number of rotatable bonds is 11. The standard InChI is InChI=1S/C21H29NO3S/c23-19(16-17-8-4-3-5-9-17)13-11-18-12-14-20(26)22(18)15-7-2-1-6-10-21(24)25/h3-5,8-9,11,13,18-19,23H,1-2,6-7,10,12,14-16H2,(H,24,25)/t18-,19+/m0/s1. The summed E-state index contributed by atoms with van der Waals surface area (Å²) in [4.78, 5) is 13.8. The predicted molar refractivity (Wildman–Crippen MR) is 108 cm³/mol. The summed E-state index contributed by atoms with van der Waals surface area (Å²) >= 11 is 5.49. The van der Waals surface area contributed by atoms with E-state index in [4.69, 9.17) is 17.3 Å². The summed E-state index contributed by atoms with van der Waals surface area (Å²) < 4.78 is 0. The van der Waals surface area contributed by atoms with Crippen molar-refractivity contribution in [1.82, 2.24) is 4.90 Å². The van der Waals surface area contributed by atoms with Gasteiger partial charge in [0.25, 0.3) is 0 Å². The zero-order chi connectivity index (χ0) is 18.8. The Hall–Kier alpha value is -1.72. The lowest BCUT2D eigenvalue weighted by Crippen LogP contribution is -2.32. The van der Waals surface area contributed by atoms with Crippen LogP contribution in [0.4, 0.5) is 0 Å². The Morgan fingerprint density at radius 1 is 1.23 bits per heavy atom. The highest BCUT2D eigenvalue weighted by molar-refractivity contribution is 7.80. The molecular weight excluding hydrogens is 346 g/mol. The SMILES string of the molecule is O=C(O)CCCCCCN1C(=S)CC[C@@H]1C=C[C@@H](O)Cc1ccccc1. The first-order valence-corrected chi connectivity index (χ1v) is 9.88. The minimum atomic E-state index is -0.718. The fraction of sp³-hybridized carbons (Fsp3) is 0.524. The summed E-state index contributed by atoms with van der Waals surface area (Å²) in [6, 6.07) is 10.3. The normalized spacial score (nSPS) is 18.6. The molecule has 1 saturated heterocycles. The first-order chi connectivity index (χ1) is 12.6. The van der Waals surface area contributed by atoms with E-state index in [1.807, 2.05) is 36.4 Å². The van der Waals surface area contributed by atoms with Gasteiger partial charge < -0.3 is 15.1 Å². The van der Waals surface area contributed by atoms with Gasteiger partial charge in [-0.05, 0) is 24.8 Å². The number of aliphatic hydroxyl groups is 1. The first kappa shape index (κ1) is 20.6. The zero-order valence-electron chi connectivity index (χ0n) is 15.2. The highest BCUT2D eigenvalue weighted by atomic mass is 32.1. The lowest BCUT2D eigenvalue weighted by molar-refractivity contribution is -0.137. The van der Waals surface area contributed by atoms with Crippen LogP contribution in [0, 0.1) is 0 Å². The van der Waals surface area contributed by atoms with Gasteiger partial charge in [-0.15, -0.1) is 0 Å². The van der Waals surface area contributed by atoms with E-state index in [2.05, 4.69) is 11.0 Å². The van der Waals surface area contributed by atoms with Gasteiger partial charge >= 0.3 is 5.97 Å². The van der Waals surface area contributed by atoms with Crippen molar-refractivity contribution in [2.24, 2.45) is 0 Å². The number of hydrogen-bond acceptors (Lipinski definition) is 3. The molecule has 142 valence electrons. The van der Waals surface area contributed by atoms with Crippen LogP contribution in [-0.2, 0) is 11.2 Å². The van der Waals surface area contributed by atoms with Crippen molar-refractivity contribution in [3.8, 4) is 0 Å². The summed E-state index contributed by atoms with van der Waals surface area (Å²) in [7, 11) is 0. The number of benzene rings is 1. The van der Waals surface area contributed by atoms with E-state index in [0.717, 1.165) is 55.6 Å². The highest BCUT2D eigenvalue weighted by Gasteiger charge is 2.25. The second-order valence-corrected chi connectivity index (χ2v) is 7.36. The molecule has 5 heteroatoms. The molecule has 0 aliphatic carbocycles. The molecule has 2 N–H and O–H groups in total. The monoisotopic (exact) mass is 375 g/mol. The van der Waals surface area contributed by atoms with Gasteiger partial charge in [0.1, 0.15) is 0 Å². The number of likely N-dealkylation sites (tertiary alicyclic amines) is 1. The number of unbranched alkanes of at least 4 members (excludes halogenated alkanes) is 3. The molecule has 2 rings (SSSR count). The molecule has 26 heavy (non-hydrogen) atoms. The van der Waals surface area contributed by atoms with Crippen LogP contribution in [0.25, 0.3) is 0 Å². The van der Waals surface area contributed by atoms with E-state index in [9.17, 15) is 9.90 Å². The van der Waals surface area contributed by atoms with E-state index >= 15 is 0 Å². The van der Waals surface area contributed by atoms with Gasteiger partial charge in [0.15, 0.2) is 0 Å². The Morgan fingerprint density at radius 2 is 1.96 bits per heavy atom. The number of carboxylic acid groups (broad SMARTS) is 1. The summed E-state index contributed by atoms with van der Waals surface area (Å²) in [6.45, 7) is 0.912. The molecular formula is C21H29NO3S. The number of carboxylic acids is 1. The van der Waals surface area contributed by atoms with Crippen LogP contribution < -0.4 is 0 Å². The van der Waals surface area contributed by atoms with Crippen molar-refractivity contribution in [2.75, 3.05) is 6.54 Å². The molecule has 0 radical (unpaired) electrons. The summed E-state index contributed by atoms with van der Waals surface area (Å²) in [5.41, 5.74) is 1.13. The Morgan fingerprint density at radius 3 is 2.69 bits per heavy atom. The smallest absolute Gasteiger partial charge is 0.303 e. The molecule has 1 fully saturated rings. The molecule has 0 saturated carbocycles. The minimum absolute atomic E-state index is 0.257. The van der Waals surface area contributed by atoms with Gasteiger partial charge in [0, 0.05) is 31.8 Å². The number of aliphatic hydroxyl groups excluding tert-OH is 1. The third-order valence-corrected chi connectivity index (χ3v) is 5.20. The number of carbonyl (C=O) groups is 1.